The van der Waals surface area contributed by atoms with E-state index in [0.29, 0.717) is 10.8 Å². The first-order valence-corrected chi connectivity index (χ1v) is 16.8. The van der Waals surface area contributed by atoms with Gasteiger partial charge in [0, 0.05) is 36.6 Å². The molecule has 0 spiro atoms. The van der Waals surface area contributed by atoms with Crippen LogP contribution in [0.1, 0.15) is 122 Å². The molecule has 0 saturated heterocycles. The number of hydrogen-bond acceptors (Lipinski definition) is 3. The second-order valence-corrected chi connectivity index (χ2v) is 15.4. The zero-order valence-corrected chi connectivity index (χ0v) is 27.3. The Labute approximate surface area is 244 Å². The van der Waals surface area contributed by atoms with Crippen molar-refractivity contribution in [2.75, 3.05) is 13.1 Å². The summed E-state index contributed by atoms with van der Waals surface area (Å²) < 4.78 is 32.1. The third kappa shape index (κ3) is 7.79. The van der Waals surface area contributed by atoms with Crippen LogP contribution in [0.4, 0.5) is 0 Å². The van der Waals surface area contributed by atoms with Crippen molar-refractivity contribution >= 4 is 15.9 Å². The van der Waals surface area contributed by atoms with E-state index >= 15 is 0 Å². The van der Waals surface area contributed by atoms with Crippen LogP contribution in [0, 0.1) is 12.8 Å². The molecule has 0 radical (unpaired) electrons. The number of hydrogen-bond donors (Lipinski definition) is 1. The Morgan fingerprint density at radius 3 is 2.10 bits per heavy atom. The molecule has 1 heterocycles. The standard InChI is InChI=1S/C33H53N3O3S/c1-10-19-35(20-11-2)31(37)27-22-29(36(24(27)3)23-25-15-13-12-14-16-25)26-17-18-30(28(21-26)32(4,5)6)40(38,39)34-33(7,8)9/h17-18,21-22,25,34H,10-16,19-20,23H2,1-9H3. The van der Waals surface area contributed by atoms with E-state index in [-0.39, 0.29) is 5.91 Å². The smallest absolute Gasteiger partial charge is 0.255 e. The number of rotatable bonds is 10. The van der Waals surface area contributed by atoms with Crippen molar-refractivity contribution in [3.63, 3.8) is 0 Å². The summed E-state index contributed by atoms with van der Waals surface area (Å²) in [5.41, 5.74) is 3.51. The number of nitrogens with zero attached hydrogens (tertiary/aromatic N) is 2. The third-order valence-electron chi connectivity index (χ3n) is 7.85. The maximum atomic E-state index is 13.8. The first-order chi connectivity index (χ1) is 18.6. The normalized spacial score (nSPS) is 15.4. The van der Waals surface area contributed by atoms with Gasteiger partial charge in [-0.2, -0.15) is 0 Å². The van der Waals surface area contributed by atoms with E-state index in [4.69, 9.17) is 0 Å². The largest absolute Gasteiger partial charge is 0.344 e. The number of carbonyl (C=O) groups is 1. The molecule has 2 aromatic rings. The molecular formula is C33H53N3O3S. The molecule has 1 amide bonds. The first kappa shape index (κ1) is 32.4. The highest BCUT2D eigenvalue weighted by Gasteiger charge is 2.31. The van der Waals surface area contributed by atoms with Gasteiger partial charge in [-0.15, -0.1) is 0 Å². The number of sulfonamides is 1. The molecule has 1 saturated carbocycles. The van der Waals surface area contributed by atoms with Gasteiger partial charge in [0.05, 0.1) is 10.5 Å². The third-order valence-corrected chi connectivity index (χ3v) is 9.67. The Balaban J connectivity index is 2.19. The van der Waals surface area contributed by atoms with Crippen LogP contribution in [0.3, 0.4) is 0 Å². The quantitative estimate of drug-likeness (QED) is 0.318. The fourth-order valence-corrected chi connectivity index (χ4v) is 7.77. The maximum absolute atomic E-state index is 13.8. The van der Waals surface area contributed by atoms with Crippen LogP contribution >= 0.6 is 0 Å². The van der Waals surface area contributed by atoms with Crippen LogP contribution in [0.15, 0.2) is 29.2 Å². The lowest BCUT2D eigenvalue weighted by atomic mass is 9.85. The maximum Gasteiger partial charge on any atom is 0.255 e. The van der Waals surface area contributed by atoms with Crippen LogP contribution in [0.2, 0.25) is 0 Å². The summed E-state index contributed by atoms with van der Waals surface area (Å²) in [4.78, 5) is 16.1. The molecule has 6 nitrogen and oxygen atoms in total. The molecule has 0 unspecified atom stereocenters. The first-order valence-electron chi connectivity index (χ1n) is 15.3. The van der Waals surface area contributed by atoms with Crippen molar-refractivity contribution in [2.45, 2.75) is 130 Å². The van der Waals surface area contributed by atoms with Gasteiger partial charge in [-0.05, 0) is 94.0 Å². The van der Waals surface area contributed by atoms with Gasteiger partial charge in [0.25, 0.3) is 5.91 Å². The van der Waals surface area contributed by atoms with Gasteiger partial charge in [-0.1, -0.05) is 59.9 Å². The minimum atomic E-state index is -3.72. The van der Waals surface area contributed by atoms with Gasteiger partial charge in [0.2, 0.25) is 10.0 Å². The summed E-state index contributed by atoms with van der Waals surface area (Å²) in [5, 5.41) is 0. The highest BCUT2D eigenvalue weighted by molar-refractivity contribution is 7.89. The minimum absolute atomic E-state index is 0.0921. The van der Waals surface area contributed by atoms with E-state index in [1.807, 2.05) is 37.8 Å². The number of aromatic nitrogens is 1. The van der Waals surface area contributed by atoms with E-state index in [1.54, 1.807) is 6.07 Å². The Kier molecular flexibility index (Phi) is 10.4. The van der Waals surface area contributed by atoms with Crippen LogP contribution in [-0.4, -0.2) is 42.4 Å². The molecule has 224 valence electrons. The Bertz CT molecular complexity index is 1270. The SMILES string of the molecule is CCCN(CCC)C(=O)c1cc(-c2ccc(S(=O)(=O)NC(C)(C)C)c(C(C)(C)C)c2)n(CC2CCCCC2)c1C. The fourth-order valence-electron chi connectivity index (χ4n) is 5.96. The van der Waals surface area contributed by atoms with E-state index in [1.165, 1.54) is 32.1 Å². The van der Waals surface area contributed by atoms with Gasteiger partial charge in [-0.25, -0.2) is 13.1 Å². The molecule has 0 bridgehead atoms. The van der Waals surface area contributed by atoms with Gasteiger partial charge in [0.1, 0.15) is 0 Å². The fraction of sp³-hybridized carbons (Fsp3) is 0.667. The summed E-state index contributed by atoms with van der Waals surface area (Å²) in [5.74, 6) is 0.677. The predicted molar refractivity (Wildman–Crippen MR) is 166 cm³/mol. The molecular weight excluding hydrogens is 518 g/mol. The highest BCUT2D eigenvalue weighted by Crippen LogP contribution is 2.36. The van der Waals surface area contributed by atoms with Crippen LogP contribution in [0.25, 0.3) is 11.3 Å². The summed E-state index contributed by atoms with van der Waals surface area (Å²) in [7, 11) is -3.72. The molecule has 1 aromatic carbocycles. The van der Waals surface area contributed by atoms with Crippen molar-refractivity contribution in [3.05, 3.63) is 41.1 Å². The van der Waals surface area contributed by atoms with E-state index in [2.05, 4.69) is 56.9 Å². The van der Waals surface area contributed by atoms with Crippen molar-refractivity contribution in [3.8, 4) is 11.3 Å². The average Bonchev–Trinajstić information content (AvgIpc) is 3.17. The Morgan fingerprint density at radius 2 is 1.57 bits per heavy atom. The number of carbonyl (C=O) groups excluding carboxylic acids is 1. The lowest BCUT2D eigenvalue weighted by Gasteiger charge is -2.27. The zero-order valence-electron chi connectivity index (χ0n) is 26.5. The number of amides is 1. The van der Waals surface area contributed by atoms with Gasteiger partial charge < -0.3 is 9.47 Å². The molecule has 40 heavy (non-hydrogen) atoms. The zero-order chi connectivity index (χ0) is 29.9. The second-order valence-electron chi connectivity index (χ2n) is 13.8. The van der Waals surface area contributed by atoms with Crippen LogP contribution in [-0.2, 0) is 22.0 Å². The molecule has 1 aliphatic rings. The highest BCUT2D eigenvalue weighted by atomic mass is 32.2. The summed E-state index contributed by atoms with van der Waals surface area (Å²) in [6, 6.07) is 7.76. The summed E-state index contributed by atoms with van der Waals surface area (Å²) in [6.07, 6.45) is 8.08. The van der Waals surface area contributed by atoms with Gasteiger partial charge >= 0.3 is 0 Å². The van der Waals surface area contributed by atoms with Crippen molar-refractivity contribution in [1.29, 1.82) is 0 Å². The van der Waals surface area contributed by atoms with Crippen molar-refractivity contribution < 1.29 is 13.2 Å². The summed E-state index contributed by atoms with van der Waals surface area (Å²) >= 11 is 0. The Morgan fingerprint density at radius 1 is 0.975 bits per heavy atom. The average molecular weight is 572 g/mol. The van der Waals surface area contributed by atoms with Gasteiger partial charge in [0.15, 0.2) is 0 Å². The molecule has 7 heteroatoms. The Hall–Kier alpha value is -2.12. The van der Waals surface area contributed by atoms with E-state index in [9.17, 15) is 13.2 Å². The second kappa shape index (κ2) is 12.8. The predicted octanol–water partition coefficient (Wildman–Crippen LogP) is 7.68. The van der Waals surface area contributed by atoms with Crippen molar-refractivity contribution in [2.24, 2.45) is 5.92 Å². The number of benzene rings is 1. The lowest BCUT2D eigenvalue weighted by Crippen LogP contribution is -2.41. The molecule has 1 aromatic heterocycles. The molecule has 0 atom stereocenters. The molecule has 3 rings (SSSR count). The molecule has 0 aliphatic heterocycles. The minimum Gasteiger partial charge on any atom is -0.344 e. The molecule has 1 aliphatic carbocycles. The van der Waals surface area contributed by atoms with Crippen molar-refractivity contribution in [1.82, 2.24) is 14.2 Å². The monoisotopic (exact) mass is 571 g/mol. The van der Waals surface area contributed by atoms with Crippen LogP contribution < -0.4 is 4.72 Å². The molecule has 1 N–H and O–H groups in total. The number of nitrogens with one attached hydrogen (secondary N) is 1. The van der Waals surface area contributed by atoms with Gasteiger partial charge in [-0.3, -0.25) is 4.79 Å². The summed E-state index contributed by atoms with van der Waals surface area (Å²) in [6.45, 7) is 20.4. The van der Waals surface area contributed by atoms with E-state index < -0.39 is 21.0 Å². The topological polar surface area (TPSA) is 71.4 Å². The lowest BCUT2D eigenvalue weighted by molar-refractivity contribution is 0.0754. The molecule has 1 fully saturated rings. The van der Waals surface area contributed by atoms with Crippen LogP contribution in [0.5, 0.6) is 0 Å². The van der Waals surface area contributed by atoms with E-state index in [0.717, 1.165) is 60.6 Å².